The maximum atomic E-state index is 13.6. The highest BCUT2D eigenvalue weighted by molar-refractivity contribution is 5.88. The smallest absolute Gasteiger partial charge is 0.418 e. The molecule has 0 heterocycles. The van der Waals surface area contributed by atoms with E-state index in [4.69, 9.17) is 14.2 Å². The Morgan fingerprint density at radius 2 is 1.67 bits per heavy atom. The van der Waals surface area contributed by atoms with Gasteiger partial charge in [-0.1, -0.05) is 12.1 Å². The van der Waals surface area contributed by atoms with Crippen molar-refractivity contribution in [3.8, 4) is 0 Å². The molecule has 24 heavy (non-hydrogen) atoms. The van der Waals surface area contributed by atoms with Crippen molar-refractivity contribution >= 4 is 11.8 Å². The van der Waals surface area contributed by atoms with E-state index in [-0.39, 0.29) is 11.3 Å². The number of carbonyl (C=O) groups is 1. The Bertz CT molecular complexity index is 578. The summed E-state index contributed by atoms with van der Waals surface area (Å²) in [4.78, 5) is 13.0. The molecule has 1 aromatic carbocycles. The molecule has 0 aliphatic heterocycles. The molecular formula is C16H22F3NO4. The number of methoxy groups -OCH3 is 2. The van der Waals surface area contributed by atoms with Crippen LogP contribution in [-0.4, -0.2) is 33.0 Å². The van der Waals surface area contributed by atoms with Crippen LogP contribution in [0.2, 0.25) is 0 Å². The van der Waals surface area contributed by atoms with Crippen LogP contribution < -0.4 is 4.90 Å². The second-order valence-electron chi connectivity index (χ2n) is 6.08. The quantitative estimate of drug-likeness (QED) is 0.758. The summed E-state index contributed by atoms with van der Waals surface area (Å²) in [7, 11) is 3.69. The summed E-state index contributed by atoms with van der Waals surface area (Å²) in [6.07, 6.45) is -6.82. The van der Waals surface area contributed by atoms with Gasteiger partial charge >= 0.3 is 12.3 Å². The van der Waals surface area contributed by atoms with Gasteiger partial charge in [-0.05, 0) is 26.8 Å². The third-order valence-electron chi connectivity index (χ3n) is 3.07. The topological polar surface area (TPSA) is 48.0 Å². The van der Waals surface area contributed by atoms with Gasteiger partial charge in [0.25, 0.3) is 0 Å². The Morgan fingerprint density at radius 3 is 2.08 bits per heavy atom. The first-order valence-electron chi connectivity index (χ1n) is 7.14. The fourth-order valence-corrected chi connectivity index (χ4v) is 2.12. The maximum absolute atomic E-state index is 13.6. The Kier molecular flexibility index (Phi) is 6.24. The van der Waals surface area contributed by atoms with Crippen LogP contribution in [0.1, 0.15) is 38.2 Å². The van der Waals surface area contributed by atoms with Crippen molar-refractivity contribution in [2.75, 3.05) is 26.2 Å². The minimum Gasteiger partial charge on any atom is -0.443 e. The SMILES string of the molecule is COC(OC)c1cccc(N(C)C(=O)OC(C)(C)C)c1C(F)(F)F. The number of hydrogen-bond acceptors (Lipinski definition) is 4. The van der Waals surface area contributed by atoms with E-state index >= 15 is 0 Å². The van der Waals surface area contributed by atoms with Gasteiger partial charge in [0.05, 0.1) is 11.3 Å². The van der Waals surface area contributed by atoms with Crippen molar-refractivity contribution in [3.05, 3.63) is 29.3 Å². The Morgan fingerprint density at radius 1 is 1.12 bits per heavy atom. The number of hydrogen-bond donors (Lipinski definition) is 0. The number of rotatable bonds is 4. The molecule has 0 saturated carbocycles. The molecule has 5 nitrogen and oxygen atoms in total. The van der Waals surface area contributed by atoms with Gasteiger partial charge in [-0.2, -0.15) is 13.2 Å². The number of ether oxygens (including phenoxy) is 3. The predicted molar refractivity (Wildman–Crippen MR) is 82.8 cm³/mol. The third-order valence-corrected chi connectivity index (χ3v) is 3.07. The predicted octanol–water partition coefficient (Wildman–Crippen LogP) is 4.37. The summed E-state index contributed by atoms with van der Waals surface area (Å²) >= 11 is 0. The lowest BCUT2D eigenvalue weighted by atomic mass is 10.0. The number of nitrogens with zero attached hydrogens (tertiary/aromatic N) is 1. The van der Waals surface area contributed by atoms with Crippen molar-refractivity contribution in [2.45, 2.75) is 38.8 Å². The van der Waals surface area contributed by atoms with Crippen LogP contribution in [0.3, 0.4) is 0 Å². The number of halogens is 3. The number of alkyl halides is 3. The zero-order valence-electron chi connectivity index (χ0n) is 14.5. The van der Waals surface area contributed by atoms with Crippen molar-refractivity contribution in [3.63, 3.8) is 0 Å². The van der Waals surface area contributed by atoms with E-state index in [2.05, 4.69) is 0 Å². The molecule has 1 aromatic rings. The monoisotopic (exact) mass is 349 g/mol. The third kappa shape index (κ3) is 4.85. The van der Waals surface area contributed by atoms with Crippen molar-refractivity contribution < 1.29 is 32.2 Å². The number of carbonyl (C=O) groups excluding carboxylic acids is 1. The van der Waals surface area contributed by atoms with Crippen LogP contribution in [0.15, 0.2) is 18.2 Å². The van der Waals surface area contributed by atoms with Crippen molar-refractivity contribution in [2.24, 2.45) is 0 Å². The van der Waals surface area contributed by atoms with Gasteiger partial charge in [0.2, 0.25) is 0 Å². The lowest BCUT2D eigenvalue weighted by Crippen LogP contribution is -2.35. The molecule has 136 valence electrons. The van der Waals surface area contributed by atoms with Gasteiger partial charge in [-0.15, -0.1) is 0 Å². The first kappa shape index (κ1) is 20.2. The number of benzene rings is 1. The lowest BCUT2D eigenvalue weighted by molar-refractivity contribution is -0.147. The normalized spacial score (nSPS) is 12.4. The molecule has 0 aliphatic rings. The van der Waals surface area contributed by atoms with E-state index in [0.29, 0.717) is 0 Å². The van der Waals surface area contributed by atoms with Gasteiger partial charge in [0, 0.05) is 26.8 Å². The fraction of sp³-hybridized carbons (Fsp3) is 0.562. The van der Waals surface area contributed by atoms with Gasteiger partial charge in [-0.3, -0.25) is 4.90 Å². The van der Waals surface area contributed by atoms with E-state index in [1.54, 1.807) is 20.8 Å². The number of amides is 1. The second kappa shape index (κ2) is 7.40. The van der Waals surface area contributed by atoms with E-state index in [9.17, 15) is 18.0 Å². The molecule has 1 rings (SSSR count). The van der Waals surface area contributed by atoms with Crippen molar-refractivity contribution in [1.82, 2.24) is 0 Å². The molecule has 0 spiro atoms. The van der Waals surface area contributed by atoms with Crippen LogP contribution in [0, 0.1) is 0 Å². The molecule has 0 aliphatic carbocycles. The Hall–Kier alpha value is -1.80. The largest absolute Gasteiger partial charge is 0.443 e. The molecule has 0 aromatic heterocycles. The molecule has 0 bridgehead atoms. The summed E-state index contributed by atoms with van der Waals surface area (Å²) < 4.78 is 55.9. The zero-order valence-corrected chi connectivity index (χ0v) is 14.5. The highest BCUT2D eigenvalue weighted by Crippen LogP contribution is 2.42. The second-order valence-corrected chi connectivity index (χ2v) is 6.08. The van der Waals surface area contributed by atoms with Crippen LogP contribution in [0.5, 0.6) is 0 Å². The van der Waals surface area contributed by atoms with E-state index in [0.717, 1.165) is 4.90 Å². The van der Waals surface area contributed by atoms with E-state index in [1.807, 2.05) is 0 Å². The molecule has 0 atom stereocenters. The van der Waals surface area contributed by atoms with Crippen LogP contribution in [-0.2, 0) is 20.4 Å². The van der Waals surface area contributed by atoms with Gasteiger partial charge in [-0.25, -0.2) is 4.79 Å². The maximum Gasteiger partial charge on any atom is 0.418 e. The molecule has 0 unspecified atom stereocenters. The molecule has 0 N–H and O–H groups in total. The first-order valence-corrected chi connectivity index (χ1v) is 7.14. The Labute approximate surface area is 139 Å². The average Bonchev–Trinajstić information content (AvgIpc) is 2.44. The van der Waals surface area contributed by atoms with Crippen LogP contribution in [0.25, 0.3) is 0 Å². The summed E-state index contributed by atoms with van der Waals surface area (Å²) in [5, 5.41) is 0. The van der Waals surface area contributed by atoms with Gasteiger partial charge in [0.15, 0.2) is 6.29 Å². The molecule has 0 saturated heterocycles. The average molecular weight is 349 g/mol. The van der Waals surface area contributed by atoms with E-state index in [1.165, 1.54) is 39.5 Å². The minimum absolute atomic E-state index is 0.222. The van der Waals surface area contributed by atoms with Crippen LogP contribution >= 0.6 is 0 Å². The highest BCUT2D eigenvalue weighted by atomic mass is 19.4. The molecule has 0 fully saturated rings. The van der Waals surface area contributed by atoms with Crippen LogP contribution in [0.4, 0.5) is 23.7 Å². The lowest BCUT2D eigenvalue weighted by Gasteiger charge is -2.28. The Balaban J connectivity index is 3.43. The van der Waals surface area contributed by atoms with E-state index < -0.39 is 29.7 Å². The standard InChI is InChI=1S/C16H22F3NO4/c1-15(2,3)24-14(21)20(4)11-9-7-8-10(13(22-5)23-6)12(11)16(17,18)19/h7-9,13H,1-6H3. The molecule has 0 radical (unpaired) electrons. The summed E-state index contributed by atoms with van der Waals surface area (Å²) in [5.41, 5.74) is -2.40. The molecular weight excluding hydrogens is 327 g/mol. The van der Waals surface area contributed by atoms with Gasteiger partial charge < -0.3 is 14.2 Å². The molecule has 8 heteroatoms. The summed E-state index contributed by atoms with van der Waals surface area (Å²) in [6, 6.07) is 3.83. The van der Waals surface area contributed by atoms with Crippen molar-refractivity contribution in [1.29, 1.82) is 0 Å². The first-order chi connectivity index (χ1) is 10.9. The summed E-state index contributed by atoms with van der Waals surface area (Å²) in [5.74, 6) is 0. The minimum atomic E-state index is -4.71. The summed E-state index contributed by atoms with van der Waals surface area (Å²) in [6.45, 7) is 4.89. The fourth-order valence-electron chi connectivity index (χ4n) is 2.12. The highest BCUT2D eigenvalue weighted by Gasteiger charge is 2.40. The van der Waals surface area contributed by atoms with Gasteiger partial charge in [0.1, 0.15) is 5.60 Å². The zero-order chi connectivity index (χ0) is 18.7. The number of anilines is 1. The molecule has 1 amide bonds.